The molecule has 1 aliphatic carbocycles. The Morgan fingerprint density at radius 3 is 2.72 bits per heavy atom. The van der Waals surface area contributed by atoms with E-state index in [0.29, 0.717) is 19.1 Å². The summed E-state index contributed by atoms with van der Waals surface area (Å²) in [7, 11) is 1.68. The average molecular weight is 371 g/mol. The summed E-state index contributed by atoms with van der Waals surface area (Å²) < 4.78 is 4.98. The van der Waals surface area contributed by atoms with E-state index < -0.39 is 0 Å². The van der Waals surface area contributed by atoms with Gasteiger partial charge in [0.05, 0.1) is 12.7 Å². The number of rotatable bonds is 6. The Labute approximate surface area is 127 Å². The van der Waals surface area contributed by atoms with Gasteiger partial charge in [0.2, 0.25) is 0 Å². The number of aliphatic hydroxyl groups excluding tert-OH is 1. The van der Waals surface area contributed by atoms with Gasteiger partial charge in [0, 0.05) is 32.7 Å². The lowest BCUT2D eigenvalue weighted by Gasteiger charge is -2.14. The molecule has 0 aromatic heterocycles. The molecule has 2 unspecified atom stereocenters. The number of methoxy groups -OCH3 is 1. The molecule has 0 heterocycles. The van der Waals surface area contributed by atoms with E-state index >= 15 is 0 Å². The van der Waals surface area contributed by atoms with Gasteiger partial charge in [-0.25, -0.2) is 0 Å². The molecule has 3 N–H and O–H groups in total. The minimum atomic E-state index is -0.166. The average Bonchev–Trinajstić information content (AvgIpc) is 2.72. The predicted octanol–water partition coefficient (Wildman–Crippen LogP) is 0.967. The molecular formula is C12H26IN3O2. The Hall–Kier alpha value is -0.0800. The molecule has 0 spiro atoms. The fourth-order valence-corrected chi connectivity index (χ4v) is 2.05. The van der Waals surface area contributed by atoms with Gasteiger partial charge in [0.15, 0.2) is 5.96 Å². The minimum Gasteiger partial charge on any atom is -0.393 e. The first kappa shape index (κ1) is 17.9. The zero-order valence-electron chi connectivity index (χ0n) is 11.3. The fraction of sp³-hybridized carbons (Fsp3) is 0.917. The van der Waals surface area contributed by atoms with Crippen LogP contribution in [0.1, 0.15) is 26.2 Å². The van der Waals surface area contributed by atoms with Crippen molar-refractivity contribution in [3.05, 3.63) is 0 Å². The number of hydrogen-bond donors (Lipinski definition) is 3. The van der Waals surface area contributed by atoms with Crippen molar-refractivity contribution in [3.63, 3.8) is 0 Å². The molecule has 0 radical (unpaired) electrons. The summed E-state index contributed by atoms with van der Waals surface area (Å²) in [5.74, 6) is 1.14. The third-order valence-electron chi connectivity index (χ3n) is 3.05. The molecular weight excluding hydrogens is 345 g/mol. The molecule has 1 saturated carbocycles. The van der Waals surface area contributed by atoms with E-state index in [1.807, 2.05) is 6.92 Å². The number of nitrogens with zero attached hydrogens (tertiary/aromatic N) is 1. The first-order valence-electron chi connectivity index (χ1n) is 6.47. The maximum Gasteiger partial charge on any atom is 0.191 e. The van der Waals surface area contributed by atoms with Crippen LogP contribution in [0.5, 0.6) is 0 Å². The number of halogens is 1. The Morgan fingerprint density at radius 2 is 2.17 bits per heavy atom. The molecule has 18 heavy (non-hydrogen) atoms. The van der Waals surface area contributed by atoms with E-state index in [4.69, 9.17) is 4.74 Å². The van der Waals surface area contributed by atoms with Crippen molar-refractivity contribution < 1.29 is 9.84 Å². The third-order valence-corrected chi connectivity index (χ3v) is 3.05. The van der Waals surface area contributed by atoms with E-state index in [9.17, 15) is 5.11 Å². The Balaban J connectivity index is 0.00000289. The molecule has 108 valence electrons. The second kappa shape index (κ2) is 10.8. The summed E-state index contributed by atoms with van der Waals surface area (Å²) in [4.78, 5) is 4.50. The number of nitrogens with one attached hydrogen (secondary N) is 2. The molecule has 0 amide bonds. The van der Waals surface area contributed by atoms with E-state index in [1.165, 1.54) is 0 Å². The highest BCUT2D eigenvalue weighted by atomic mass is 127. The fourth-order valence-electron chi connectivity index (χ4n) is 2.05. The van der Waals surface area contributed by atoms with Gasteiger partial charge < -0.3 is 20.5 Å². The van der Waals surface area contributed by atoms with Crippen molar-refractivity contribution in [1.29, 1.82) is 0 Å². The molecule has 0 bridgehead atoms. The molecule has 0 aliphatic heterocycles. The number of guanidine groups is 1. The SMILES string of the molecule is CCNC(=NCC1CCCC1O)NCCOC.I. The van der Waals surface area contributed by atoms with Gasteiger partial charge in [-0.3, -0.25) is 4.99 Å². The summed E-state index contributed by atoms with van der Waals surface area (Å²) in [5.41, 5.74) is 0. The number of aliphatic hydroxyl groups is 1. The van der Waals surface area contributed by atoms with E-state index in [0.717, 1.165) is 38.3 Å². The van der Waals surface area contributed by atoms with Crippen LogP contribution < -0.4 is 10.6 Å². The number of hydrogen-bond acceptors (Lipinski definition) is 3. The zero-order valence-corrected chi connectivity index (χ0v) is 13.6. The van der Waals surface area contributed by atoms with Crippen LogP contribution in [0.4, 0.5) is 0 Å². The minimum absolute atomic E-state index is 0. The Kier molecular flexibility index (Phi) is 10.8. The molecule has 1 aliphatic rings. The van der Waals surface area contributed by atoms with Crippen molar-refractivity contribution in [3.8, 4) is 0 Å². The Morgan fingerprint density at radius 1 is 1.39 bits per heavy atom. The van der Waals surface area contributed by atoms with Crippen LogP contribution in [0.25, 0.3) is 0 Å². The maximum atomic E-state index is 9.72. The lowest BCUT2D eigenvalue weighted by Crippen LogP contribution is -2.39. The molecule has 1 rings (SSSR count). The summed E-state index contributed by atoms with van der Waals surface area (Å²) in [6.45, 7) is 4.99. The first-order chi connectivity index (χ1) is 8.27. The first-order valence-corrected chi connectivity index (χ1v) is 6.47. The molecule has 0 saturated heterocycles. The molecule has 1 fully saturated rings. The lowest BCUT2D eigenvalue weighted by molar-refractivity contribution is 0.136. The van der Waals surface area contributed by atoms with Crippen molar-refractivity contribution in [2.75, 3.05) is 33.4 Å². The van der Waals surface area contributed by atoms with Gasteiger partial charge in [0.1, 0.15) is 0 Å². The highest BCUT2D eigenvalue weighted by Crippen LogP contribution is 2.25. The Bertz CT molecular complexity index is 239. The summed E-state index contributed by atoms with van der Waals surface area (Å²) in [5, 5.41) is 16.1. The topological polar surface area (TPSA) is 65.9 Å². The van der Waals surface area contributed by atoms with Gasteiger partial charge in [-0.1, -0.05) is 6.42 Å². The lowest BCUT2D eigenvalue weighted by atomic mass is 10.1. The molecule has 2 atom stereocenters. The normalized spacial score (nSPS) is 23.6. The van der Waals surface area contributed by atoms with Crippen LogP contribution in [0.2, 0.25) is 0 Å². The second-order valence-electron chi connectivity index (χ2n) is 4.40. The molecule has 0 aromatic rings. The molecule has 5 nitrogen and oxygen atoms in total. The van der Waals surface area contributed by atoms with Crippen LogP contribution >= 0.6 is 24.0 Å². The maximum absolute atomic E-state index is 9.72. The van der Waals surface area contributed by atoms with Crippen molar-refractivity contribution in [2.24, 2.45) is 10.9 Å². The zero-order chi connectivity index (χ0) is 12.5. The van der Waals surface area contributed by atoms with Crippen molar-refractivity contribution in [2.45, 2.75) is 32.3 Å². The van der Waals surface area contributed by atoms with Crippen LogP contribution in [0.3, 0.4) is 0 Å². The van der Waals surface area contributed by atoms with Gasteiger partial charge in [-0.05, 0) is 19.8 Å². The monoisotopic (exact) mass is 371 g/mol. The van der Waals surface area contributed by atoms with Crippen molar-refractivity contribution >= 4 is 29.9 Å². The van der Waals surface area contributed by atoms with E-state index in [1.54, 1.807) is 7.11 Å². The van der Waals surface area contributed by atoms with E-state index in [2.05, 4.69) is 15.6 Å². The standard InChI is InChI=1S/C12H25N3O2.HI/c1-3-13-12(14-7-8-17-2)15-9-10-5-4-6-11(10)16;/h10-11,16H,3-9H2,1-2H3,(H2,13,14,15);1H. The quantitative estimate of drug-likeness (QED) is 0.282. The van der Waals surface area contributed by atoms with Gasteiger partial charge in [-0.15, -0.1) is 24.0 Å². The molecule has 6 heteroatoms. The highest BCUT2D eigenvalue weighted by Gasteiger charge is 2.24. The third kappa shape index (κ3) is 6.75. The van der Waals surface area contributed by atoms with Crippen LogP contribution in [0, 0.1) is 5.92 Å². The smallest absolute Gasteiger partial charge is 0.191 e. The summed E-state index contributed by atoms with van der Waals surface area (Å²) in [6, 6.07) is 0. The summed E-state index contributed by atoms with van der Waals surface area (Å²) in [6.07, 6.45) is 2.96. The van der Waals surface area contributed by atoms with Gasteiger partial charge in [-0.2, -0.15) is 0 Å². The predicted molar refractivity (Wildman–Crippen MR) is 84.6 cm³/mol. The van der Waals surface area contributed by atoms with Gasteiger partial charge >= 0.3 is 0 Å². The van der Waals surface area contributed by atoms with Gasteiger partial charge in [0.25, 0.3) is 0 Å². The highest BCUT2D eigenvalue weighted by molar-refractivity contribution is 14.0. The number of ether oxygens (including phenoxy) is 1. The largest absolute Gasteiger partial charge is 0.393 e. The van der Waals surface area contributed by atoms with Crippen LogP contribution in [0.15, 0.2) is 4.99 Å². The van der Waals surface area contributed by atoms with Crippen LogP contribution in [-0.2, 0) is 4.74 Å². The van der Waals surface area contributed by atoms with Crippen molar-refractivity contribution in [1.82, 2.24) is 10.6 Å². The number of aliphatic imine (C=N–C) groups is 1. The second-order valence-corrected chi connectivity index (χ2v) is 4.40. The van der Waals surface area contributed by atoms with E-state index in [-0.39, 0.29) is 30.1 Å². The summed E-state index contributed by atoms with van der Waals surface area (Å²) >= 11 is 0. The molecule has 0 aromatic carbocycles. The van der Waals surface area contributed by atoms with Crippen LogP contribution in [-0.4, -0.2) is 50.5 Å².